The standard InChI is InChI=1S/C14H21NO2S/c1-12(2)15(13-8-6-7-9-13)18(16,17)14-10-4-3-5-11-14/h3-5,10-13H,6-9H2,1-2H3. The third-order valence-corrected chi connectivity index (χ3v) is 5.65. The topological polar surface area (TPSA) is 37.4 Å². The summed E-state index contributed by atoms with van der Waals surface area (Å²) in [4.78, 5) is 0.408. The lowest BCUT2D eigenvalue weighted by molar-refractivity contribution is 0.275. The van der Waals surface area contributed by atoms with E-state index in [4.69, 9.17) is 0 Å². The van der Waals surface area contributed by atoms with Crippen molar-refractivity contribution in [1.82, 2.24) is 4.31 Å². The van der Waals surface area contributed by atoms with E-state index in [0.29, 0.717) is 4.90 Å². The van der Waals surface area contributed by atoms with Crippen molar-refractivity contribution in [2.45, 2.75) is 56.5 Å². The molecule has 1 saturated carbocycles. The van der Waals surface area contributed by atoms with Gasteiger partial charge < -0.3 is 0 Å². The fourth-order valence-electron chi connectivity index (χ4n) is 2.77. The minimum Gasteiger partial charge on any atom is -0.207 e. The molecule has 4 heteroatoms. The van der Waals surface area contributed by atoms with Gasteiger partial charge in [-0.2, -0.15) is 4.31 Å². The number of rotatable bonds is 4. The van der Waals surface area contributed by atoms with Gasteiger partial charge in [0.2, 0.25) is 10.0 Å². The molecule has 0 aliphatic heterocycles. The zero-order valence-corrected chi connectivity index (χ0v) is 11.9. The molecule has 1 aromatic carbocycles. The van der Waals surface area contributed by atoms with E-state index in [1.54, 1.807) is 28.6 Å². The molecule has 0 radical (unpaired) electrons. The predicted molar refractivity (Wildman–Crippen MR) is 72.9 cm³/mol. The Labute approximate surface area is 110 Å². The molecule has 100 valence electrons. The van der Waals surface area contributed by atoms with Crippen molar-refractivity contribution in [2.75, 3.05) is 0 Å². The molecule has 0 heterocycles. The first kappa shape index (κ1) is 13.6. The maximum Gasteiger partial charge on any atom is 0.243 e. The largest absolute Gasteiger partial charge is 0.243 e. The number of benzene rings is 1. The Balaban J connectivity index is 2.36. The van der Waals surface area contributed by atoms with Crippen LogP contribution in [0.15, 0.2) is 35.2 Å². The van der Waals surface area contributed by atoms with Gasteiger partial charge in [-0.1, -0.05) is 31.0 Å². The second kappa shape index (κ2) is 5.41. The van der Waals surface area contributed by atoms with E-state index in [2.05, 4.69) is 0 Å². The molecule has 1 aliphatic rings. The minimum absolute atomic E-state index is 0.0123. The number of hydrogen-bond donors (Lipinski definition) is 0. The monoisotopic (exact) mass is 267 g/mol. The van der Waals surface area contributed by atoms with Crippen molar-refractivity contribution < 1.29 is 8.42 Å². The summed E-state index contributed by atoms with van der Waals surface area (Å²) in [6, 6.07) is 8.95. The van der Waals surface area contributed by atoms with Crippen LogP contribution in [-0.4, -0.2) is 24.8 Å². The van der Waals surface area contributed by atoms with E-state index in [1.807, 2.05) is 19.9 Å². The maximum atomic E-state index is 12.7. The van der Waals surface area contributed by atoms with Crippen LogP contribution in [0.2, 0.25) is 0 Å². The van der Waals surface area contributed by atoms with E-state index in [0.717, 1.165) is 25.7 Å². The molecule has 0 aromatic heterocycles. The molecule has 0 amide bonds. The van der Waals surface area contributed by atoms with Crippen molar-refractivity contribution in [1.29, 1.82) is 0 Å². The van der Waals surface area contributed by atoms with Crippen molar-refractivity contribution >= 4 is 10.0 Å². The highest BCUT2D eigenvalue weighted by molar-refractivity contribution is 7.89. The van der Waals surface area contributed by atoms with Crippen LogP contribution in [0.25, 0.3) is 0 Å². The molecule has 0 saturated heterocycles. The summed E-state index contributed by atoms with van der Waals surface area (Å²) in [5.41, 5.74) is 0. The van der Waals surface area contributed by atoms with Crippen LogP contribution in [0.5, 0.6) is 0 Å². The van der Waals surface area contributed by atoms with Gasteiger partial charge >= 0.3 is 0 Å². The first-order valence-corrected chi connectivity index (χ1v) is 8.06. The Morgan fingerprint density at radius 1 is 1.11 bits per heavy atom. The smallest absolute Gasteiger partial charge is 0.207 e. The van der Waals surface area contributed by atoms with E-state index >= 15 is 0 Å². The molecule has 0 N–H and O–H groups in total. The second-order valence-electron chi connectivity index (χ2n) is 5.18. The highest BCUT2D eigenvalue weighted by Crippen LogP contribution is 2.30. The average molecular weight is 267 g/mol. The lowest BCUT2D eigenvalue weighted by atomic mass is 10.2. The summed E-state index contributed by atoms with van der Waals surface area (Å²) in [7, 11) is -3.35. The van der Waals surface area contributed by atoms with Crippen LogP contribution >= 0.6 is 0 Å². The fourth-order valence-corrected chi connectivity index (χ4v) is 4.67. The molecular formula is C14H21NO2S. The van der Waals surface area contributed by atoms with Crippen LogP contribution in [0.4, 0.5) is 0 Å². The van der Waals surface area contributed by atoms with E-state index in [1.165, 1.54) is 0 Å². The quantitative estimate of drug-likeness (QED) is 0.841. The summed E-state index contributed by atoms with van der Waals surface area (Å²) in [6.45, 7) is 3.91. The van der Waals surface area contributed by atoms with Gasteiger partial charge in [0.25, 0.3) is 0 Å². The highest BCUT2D eigenvalue weighted by Gasteiger charge is 2.34. The lowest BCUT2D eigenvalue weighted by Crippen LogP contribution is -2.43. The van der Waals surface area contributed by atoms with Crippen molar-refractivity contribution in [3.63, 3.8) is 0 Å². The Bertz CT molecular complexity index is 476. The third kappa shape index (κ3) is 2.59. The number of sulfonamides is 1. The molecule has 3 nitrogen and oxygen atoms in total. The Morgan fingerprint density at radius 2 is 1.67 bits per heavy atom. The minimum atomic E-state index is -3.35. The number of nitrogens with zero attached hydrogens (tertiary/aromatic N) is 1. The summed E-state index contributed by atoms with van der Waals surface area (Å²) < 4.78 is 27.1. The summed E-state index contributed by atoms with van der Waals surface area (Å²) in [6.07, 6.45) is 4.25. The fraction of sp³-hybridized carbons (Fsp3) is 0.571. The van der Waals surface area contributed by atoms with Gasteiger partial charge in [0.15, 0.2) is 0 Å². The predicted octanol–water partition coefficient (Wildman–Crippen LogP) is 3.03. The normalized spacial score (nSPS) is 17.8. The molecule has 0 atom stereocenters. The molecule has 0 unspecified atom stereocenters. The summed E-state index contributed by atoms with van der Waals surface area (Å²) >= 11 is 0. The average Bonchev–Trinajstić information content (AvgIpc) is 2.83. The molecule has 1 fully saturated rings. The second-order valence-corrected chi connectivity index (χ2v) is 7.02. The number of hydrogen-bond acceptors (Lipinski definition) is 2. The van der Waals surface area contributed by atoms with Gasteiger partial charge in [0.1, 0.15) is 0 Å². The van der Waals surface area contributed by atoms with Gasteiger partial charge in [-0.05, 0) is 38.8 Å². The summed E-state index contributed by atoms with van der Waals surface area (Å²) in [5, 5.41) is 0. The van der Waals surface area contributed by atoms with E-state index in [-0.39, 0.29) is 12.1 Å². The highest BCUT2D eigenvalue weighted by atomic mass is 32.2. The van der Waals surface area contributed by atoms with Gasteiger partial charge in [0, 0.05) is 12.1 Å². The molecule has 2 rings (SSSR count). The van der Waals surface area contributed by atoms with Crippen LogP contribution in [-0.2, 0) is 10.0 Å². The van der Waals surface area contributed by atoms with Gasteiger partial charge in [-0.15, -0.1) is 0 Å². The molecule has 1 aliphatic carbocycles. The Morgan fingerprint density at radius 3 is 2.17 bits per heavy atom. The van der Waals surface area contributed by atoms with Gasteiger partial charge in [0.05, 0.1) is 4.90 Å². The van der Waals surface area contributed by atoms with Crippen LogP contribution < -0.4 is 0 Å². The molecular weight excluding hydrogens is 246 g/mol. The molecule has 0 spiro atoms. The van der Waals surface area contributed by atoms with Crippen LogP contribution in [0.3, 0.4) is 0 Å². The Kier molecular flexibility index (Phi) is 4.07. The first-order chi connectivity index (χ1) is 8.53. The maximum absolute atomic E-state index is 12.7. The van der Waals surface area contributed by atoms with E-state index in [9.17, 15) is 8.42 Å². The van der Waals surface area contributed by atoms with Crippen LogP contribution in [0, 0.1) is 0 Å². The Hall–Kier alpha value is -0.870. The lowest BCUT2D eigenvalue weighted by Gasteiger charge is -2.31. The van der Waals surface area contributed by atoms with Gasteiger partial charge in [-0.3, -0.25) is 0 Å². The SMILES string of the molecule is CC(C)N(C1CCCC1)S(=O)(=O)c1ccccc1. The van der Waals surface area contributed by atoms with Crippen molar-refractivity contribution in [2.24, 2.45) is 0 Å². The zero-order chi connectivity index (χ0) is 13.2. The van der Waals surface area contributed by atoms with Gasteiger partial charge in [-0.25, -0.2) is 8.42 Å². The zero-order valence-electron chi connectivity index (χ0n) is 11.0. The van der Waals surface area contributed by atoms with E-state index < -0.39 is 10.0 Å². The van der Waals surface area contributed by atoms with Crippen LogP contribution in [0.1, 0.15) is 39.5 Å². The molecule has 0 bridgehead atoms. The first-order valence-electron chi connectivity index (χ1n) is 6.62. The molecule has 18 heavy (non-hydrogen) atoms. The summed E-state index contributed by atoms with van der Waals surface area (Å²) in [5.74, 6) is 0. The third-order valence-electron chi connectivity index (χ3n) is 3.51. The van der Waals surface area contributed by atoms with Crippen molar-refractivity contribution in [3.8, 4) is 0 Å². The molecule has 1 aromatic rings. The van der Waals surface area contributed by atoms with Crippen molar-refractivity contribution in [3.05, 3.63) is 30.3 Å².